The number of fused-ring (bicyclic) bond motifs is 1. The molecule has 0 saturated carbocycles. The maximum atomic E-state index is 12.2. The summed E-state index contributed by atoms with van der Waals surface area (Å²) in [6, 6.07) is 16.3. The van der Waals surface area contributed by atoms with Crippen LogP contribution >= 0.6 is 11.3 Å². The standard InChI is InChI=1S/C28H31N5OS/c1-3-24(34)21-7-5-6-20(16-21)23-17-35-26-25(23)31-28(32-27(26)29)30-22-10-8-18(9-11-22)19-12-14-33(4-2)15-13-19/h5-11,16-17,19H,3-4,12-15H2,1-2H3,(H3,29,30,31,32). The van der Waals surface area contributed by atoms with Gasteiger partial charge in [-0.05, 0) is 67.7 Å². The molecular weight excluding hydrogens is 454 g/mol. The van der Waals surface area contributed by atoms with Crippen LogP contribution in [0.3, 0.4) is 0 Å². The van der Waals surface area contributed by atoms with Gasteiger partial charge in [0.1, 0.15) is 5.82 Å². The number of likely N-dealkylation sites (tertiary alicyclic amines) is 1. The largest absolute Gasteiger partial charge is 0.382 e. The molecule has 3 heterocycles. The normalized spacial score (nSPS) is 14.9. The molecule has 5 rings (SSSR count). The maximum absolute atomic E-state index is 12.2. The fraction of sp³-hybridized carbons (Fsp3) is 0.321. The van der Waals surface area contributed by atoms with Crippen LogP contribution in [0.15, 0.2) is 53.9 Å². The van der Waals surface area contributed by atoms with Gasteiger partial charge in [-0.25, -0.2) is 4.98 Å². The molecule has 6 nitrogen and oxygen atoms in total. The highest BCUT2D eigenvalue weighted by atomic mass is 32.1. The minimum atomic E-state index is 0.127. The molecule has 0 aliphatic carbocycles. The molecule has 3 N–H and O–H groups in total. The van der Waals surface area contributed by atoms with Crippen molar-refractivity contribution in [3.8, 4) is 11.1 Å². The SMILES string of the molecule is CCC(=O)c1cccc(-c2csc3c(N)nc(Nc4ccc(C5CCN(CC)CC5)cc4)nc23)c1. The van der Waals surface area contributed by atoms with Crippen LogP contribution in [0.25, 0.3) is 21.3 Å². The Kier molecular flexibility index (Phi) is 6.79. The van der Waals surface area contributed by atoms with Crippen molar-refractivity contribution in [3.63, 3.8) is 0 Å². The van der Waals surface area contributed by atoms with E-state index in [-0.39, 0.29) is 5.78 Å². The highest BCUT2D eigenvalue weighted by Gasteiger charge is 2.20. The van der Waals surface area contributed by atoms with Crippen molar-refractivity contribution in [1.29, 1.82) is 0 Å². The lowest BCUT2D eigenvalue weighted by Crippen LogP contribution is -2.32. The van der Waals surface area contributed by atoms with Gasteiger partial charge in [-0.2, -0.15) is 4.98 Å². The third kappa shape index (κ3) is 4.92. The molecule has 0 spiro atoms. The molecule has 7 heteroatoms. The third-order valence-electron chi connectivity index (χ3n) is 6.93. The first kappa shape index (κ1) is 23.5. The van der Waals surface area contributed by atoms with E-state index in [2.05, 4.69) is 46.4 Å². The number of anilines is 3. The van der Waals surface area contributed by atoms with Gasteiger partial charge in [0, 0.05) is 28.6 Å². The number of piperidine rings is 1. The summed E-state index contributed by atoms with van der Waals surface area (Å²) in [7, 11) is 0. The zero-order chi connectivity index (χ0) is 24.4. The van der Waals surface area contributed by atoms with Gasteiger partial charge in [0.25, 0.3) is 0 Å². The molecule has 0 unspecified atom stereocenters. The number of nitrogens with one attached hydrogen (secondary N) is 1. The molecule has 0 radical (unpaired) electrons. The lowest BCUT2D eigenvalue weighted by molar-refractivity contribution is 0.0988. The van der Waals surface area contributed by atoms with E-state index in [1.165, 1.54) is 42.8 Å². The Labute approximate surface area is 210 Å². The van der Waals surface area contributed by atoms with Gasteiger partial charge in [-0.3, -0.25) is 4.79 Å². The van der Waals surface area contributed by atoms with Crippen LogP contribution in [0, 0.1) is 0 Å². The van der Waals surface area contributed by atoms with Crippen LogP contribution in [0.5, 0.6) is 0 Å². The van der Waals surface area contributed by atoms with Crippen molar-refractivity contribution in [2.75, 3.05) is 30.7 Å². The Morgan fingerprint density at radius 2 is 1.89 bits per heavy atom. The number of hydrogen-bond acceptors (Lipinski definition) is 7. The fourth-order valence-corrected chi connectivity index (χ4v) is 5.73. The van der Waals surface area contributed by atoms with Crippen LogP contribution in [0.4, 0.5) is 17.5 Å². The molecule has 35 heavy (non-hydrogen) atoms. The number of carbonyl (C=O) groups is 1. The van der Waals surface area contributed by atoms with Crippen LogP contribution in [-0.4, -0.2) is 40.3 Å². The summed E-state index contributed by atoms with van der Waals surface area (Å²) in [6.07, 6.45) is 2.90. The second-order valence-corrected chi connectivity index (χ2v) is 9.95. The fourth-order valence-electron chi connectivity index (χ4n) is 4.82. The molecule has 2 aromatic heterocycles. The summed E-state index contributed by atoms with van der Waals surface area (Å²) in [4.78, 5) is 24.0. The molecular formula is C28H31N5OS. The van der Waals surface area contributed by atoms with Crippen molar-refractivity contribution in [1.82, 2.24) is 14.9 Å². The quantitative estimate of drug-likeness (QED) is 0.292. The molecule has 1 aliphatic rings. The average molecular weight is 486 g/mol. The average Bonchev–Trinajstić information content (AvgIpc) is 3.33. The predicted molar refractivity (Wildman–Crippen MR) is 146 cm³/mol. The summed E-state index contributed by atoms with van der Waals surface area (Å²) in [6.45, 7) is 7.59. The van der Waals surface area contributed by atoms with Crippen LogP contribution in [0.1, 0.15) is 54.9 Å². The van der Waals surface area contributed by atoms with E-state index in [1.807, 2.05) is 36.6 Å². The van der Waals surface area contributed by atoms with Gasteiger partial charge in [-0.1, -0.05) is 44.2 Å². The predicted octanol–water partition coefficient (Wildman–Crippen LogP) is 6.48. The molecule has 0 atom stereocenters. The topological polar surface area (TPSA) is 84.1 Å². The van der Waals surface area contributed by atoms with Gasteiger partial charge in [0.2, 0.25) is 5.95 Å². The minimum absolute atomic E-state index is 0.127. The van der Waals surface area contributed by atoms with E-state index in [9.17, 15) is 4.79 Å². The smallest absolute Gasteiger partial charge is 0.229 e. The first-order chi connectivity index (χ1) is 17.1. The molecule has 0 bridgehead atoms. The molecule has 180 valence electrons. The number of nitrogens with zero attached hydrogens (tertiary/aromatic N) is 3. The zero-order valence-corrected chi connectivity index (χ0v) is 21.1. The number of hydrogen-bond donors (Lipinski definition) is 2. The number of thiophene rings is 1. The number of aromatic nitrogens is 2. The summed E-state index contributed by atoms with van der Waals surface area (Å²) < 4.78 is 0.853. The summed E-state index contributed by atoms with van der Waals surface area (Å²) in [5.74, 6) is 1.68. The maximum Gasteiger partial charge on any atom is 0.229 e. The highest BCUT2D eigenvalue weighted by molar-refractivity contribution is 7.18. The second-order valence-electron chi connectivity index (χ2n) is 9.07. The van der Waals surface area contributed by atoms with Gasteiger partial charge >= 0.3 is 0 Å². The Morgan fingerprint density at radius 3 is 2.60 bits per heavy atom. The van der Waals surface area contributed by atoms with Gasteiger partial charge < -0.3 is 16.0 Å². The zero-order valence-electron chi connectivity index (χ0n) is 20.3. The Morgan fingerprint density at radius 1 is 1.11 bits per heavy atom. The van der Waals surface area contributed by atoms with E-state index in [0.29, 0.717) is 29.7 Å². The molecule has 0 amide bonds. The van der Waals surface area contributed by atoms with E-state index in [1.54, 1.807) is 0 Å². The number of carbonyl (C=O) groups excluding carboxylic acids is 1. The van der Waals surface area contributed by atoms with Crippen molar-refractivity contribution in [2.24, 2.45) is 0 Å². The second kappa shape index (κ2) is 10.1. The first-order valence-electron chi connectivity index (χ1n) is 12.3. The molecule has 1 aliphatic heterocycles. The number of benzene rings is 2. The number of rotatable bonds is 7. The summed E-state index contributed by atoms with van der Waals surface area (Å²) in [5, 5.41) is 5.37. The monoisotopic (exact) mass is 485 g/mol. The molecule has 4 aromatic rings. The lowest BCUT2D eigenvalue weighted by atomic mass is 9.89. The van der Waals surface area contributed by atoms with Crippen molar-refractivity contribution in [2.45, 2.75) is 39.0 Å². The third-order valence-corrected chi connectivity index (χ3v) is 7.92. The number of ketones is 1. The van der Waals surface area contributed by atoms with E-state index in [0.717, 1.165) is 33.6 Å². The molecule has 1 saturated heterocycles. The van der Waals surface area contributed by atoms with Crippen molar-refractivity contribution in [3.05, 3.63) is 65.0 Å². The first-order valence-corrected chi connectivity index (χ1v) is 13.2. The number of nitrogen functional groups attached to an aromatic ring is 1. The minimum Gasteiger partial charge on any atom is -0.382 e. The summed E-state index contributed by atoms with van der Waals surface area (Å²) in [5.41, 5.74) is 12.1. The van der Waals surface area contributed by atoms with Gasteiger partial charge in [0.15, 0.2) is 5.78 Å². The lowest BCUT2D eigenvalue weighted by Gasteiger charge is -2.31. The molecule has 2 aromatic carbocycles. The van der Waals surface area contributed by atoms with Crippen LogP contribution < -0.4 is 11.1 Å². The van der Waals surface area contributed by atoms with Gasteiger partial charge in [0.05, 0.1) is 10.2 Å². The Balaban J connectivity index is 1.39. The van der Waals surface area contributed by atoms with Crippen LogP contribution in [0.2, 0.25) is 0 Å². The van der Waals surface area contributed by atoms with E-state index < -0.39 is 0 Å². The van der Waals surface area contributed by atoms with Crippen LogP contribution in [-0.2, 0) is 0 Å². The highest BCUT2D eigenvalue weighted by Crippen LogP contribution is 2.37. The van der Waals surface area contributed by atoms with Crippen molar-refractivity contribution < 1.29 is 4.79 Å². The number of Topliss-reactive ketones (excluding diaryl/α,β-unsaturated/α-hetero) is 1. The Bertz CT molecular complexity index is 1340. The van der Waals surface area contributed by atoms with Gasteiger partial charge in [-0.15, -0.1) is 11.3 Å². The summed E-state index contributed by atoms with van der Waals surface area (Å²) >= 11 is 1.52. The molecule has 1 fully saturated rings. The van der Waals surface area contributed by atoms with E-state index in [4.69, 9.17) is 10.7 Å². The number of nitrogens with two attached hydrogens (primary N) is 1. The van der Waals surface area contributed by atoms with Crippen molar-refractivity contribution >= 4 is 44.8 Å². The Hall–Kier alpha value is -3.29. The van der Waals surface area contributed by atoms with E-state index >= 15 is 0 Å².